The van der Waals surface area contributed by atoms with Crippen molar-refractivity contribution in [3.63, 3.8) is 0 Å². The average Bonchev–Trinajstić information content (AvgIpc) is 3.24. The second-order valence-corrected chi connectivity index (χ2v) is 9.04. The number of hydrogen-bond acceptors (Lipinski definition) is 7. The van der Waals surface area contributed by atoms with Gasteiger partial charge in [0.15, 0.2) is 0 Å². The van der Waals surface area contributed by atoms with E-state index in [0.29, 0.717) is 28.4 Å². The fourth-order valence-electron chi connectivity index (χ4n) is 4.23. The van der Waals surface area contributed by atoms with Gasteiger partial charge in [-0.3, -0.25) is 14.4 Å². The molecule has 0 radical (unpaired) electrons. The van der Waals surface area contributed by atoms with Gasteiger partial charge in [-0.25, -0.2) is 0 Å². The van der Waals surface area contributed by atoms with Gasteiger partial charge in [-0.1, -0.05) is 6.07 Å². The number of nitrogens with zero attached hydrogens (tertiary/aromatic N) is 1. The van der Waals surface area contributed by atoms with Gasteiger partial charge in [0.25, 0.3) is 5.91 Å². The van der Waals surface area contributed by atoms with Gasteiger partial charge in [-0.15, -0.1) is 0 Å². The van der Waals surface area contributed by atoms with Crippen molar-refractivity contribution in [2.24, 2.45) is 11.5 Å². The third-order valence-corrected chi connectivity index (χ3v) is 5.85. The third kappa shape index (κ3) is 6.66. The van der Waals surface area contributed by atoms with Gasteiger partial charge in [-0.05, 0) is 56.2 Å². The van der Waals surface area contributed by atoms with Crippen LogP contribution in [0.5, 0.6) is 17.2 Å². The molecule has 0 aliphatic carbocycles. The molecule has 1 fully saturated rings. The van der Waals surface area contributed by atoms with Gasteiger partial charge in [0.2, 0.25) is 11.8 Å². The zero-order valence-corrected chi connectivity index (χ0v) is 21.0. The molecule has 1 saturated heterocycles. The van der Waals surface area contributed by atoms with Crippen molar-refractivity contribution in [2.45, 2.75) is 50.9 Å². The Balaban J connectivity index is 1.85. The quantitative estimate of drug-likeness (QED) is 0.452. The van der Waals surface area contributed by atoms with Crippen LogP contribution in [-0.4, -0.2) is 61.6 Å². The number of nitrogens with one attached hydrogen (secondary N) is 1. The standard InChI is InChI=1S/C26H34N4O6/c1-15(2)36-19-7-5-6-16(8-19)26(33)30-14-18(27)11-23(30)25(32)29-22(13-24(28)31)17-9-20(34-3)12-21(10-17)35-4/h5-10,12,15,18,22-23H,11,13-14,27H2,1-4H3,(H2,28,31)(H,29,32)/t18?,22-,23?/m0/s1. The summed E-state index contributed by atoms with van der Waals surface area (Å²) in [7, 11) is 3.01. The molecular weight excluding hydrogens is 464 g/mol. The highest BCUT2D eigenvalue weighted by molar-refractivity contribution is 5.98. The molecule has 0 bridgehead atoms. The van der Waals surface area contributed by atoms with Crippen molar-refractivity contribution in [1.29, 1.82) is 0 Å². The largest absolute Gasteiger partial charge is 0.497 e. The fourth-order valence-corrected chi connectivity index (χ4v) is 4.23. The number of carbonyl (C=O) groups is 3. The van der Waals surface area contributed by atoms with Gasteiger partial charge < -0.3 is 35.9 Å². The van der Waals surface area contributed by atoms with Gasteiger partial charge in [0.05, 0.1) is 32.8 Å². The lowest BCUT2D eigenvalue weighted by Gasteiger charge is -2.27. The first-order valence-electron chi connectivity index (χ1n) is 11.8. The molecule has 10 nitrogen and oxygen atoms in total. The number of methoxy groups -OCH3 is 2. The van der Waals surface area contributed by atoms with E-state index in [1.165, 1.54) is 19.1 Å². The summed E-state index contributed by atoms with van der Waals surface area (Å²) in [5, 5.41) is 2.88. The molecular formula is C26H34N4O6. The lowest BCUT2D eigenvalue weighted by molar-refractivity contribution is -0.126. The molecule has 194 valence electrons. The molecule has 2 aromatic rings. The maximum Gasteiger partial charge on any atom is 0.254 e. The van der Waals surface area contributed by atoms with E-state index in [-0.39, 0.29) is 37.4 Å². The molecule has 10 heteroatoms. The Labute approximate surface area is 210 Å². The minimum Gasteiger partial charge on any atom is -0.497 e. The number of benzene rings is 2. The summed E-state index contributed by atoms with van der Waals surface area (Å²) in [4.78, 5) is 40.1. The van der Waals surface area contributed by atoms with E-state index >= 15 is 0 Å². The monoisotopic (exact) mass is 498 g/mol. The highest BCUT2D eigenvalue weighted by Crippen LogP contribution is 2.29. The van der Waals surface area contributed by atoms with Crippen LogP contribution >= 0.6 is 0 Å². The molecule has 3 amide bonds. The van der Waals surface area contributed by atoms with E-state index < -0.39 is 23.9 Å². The van der Waals surface area contributed by atoms with Gasteiger partial charge in [-0.2, -0.15) is 0 Å². The van der Waals surface area contributed by atoms with Crippen molar-refractivity contribution in [3.05, 3.63) is 53.6 Å². The molecule has 3 rings (SSSR count). The average molecular weight is 499 g/mol. The van der Waals surface area contributed by atoms with E-state index in [0.717, 1.165) is 0 Å². The van der Waals surface area contributed by atoms with Gasteiger partial charge >= 0.3 is 0 Å². The number of primary amides is 1. The summed E-state index contributed by atoms with van der Waals surface area (Å²) in [6.45, 7) is 4.02. The summed E-state index contributed by atoms with van der Waals surface area (Å²) < 4.78 is 16.3. The zero-order chi connectivity index (χ0) is 26.4. The summed E-state index contributed by atoms with van der Waals surface area (Å²) in [5.41, 5.74) is 12.6. The Morgan fingerprint density at radius 3 is 2.31 bits per heavy atom. The van der Waals surface area contributed by atoms with Crippen LogP contribution < -0.4 is 31.0 Å². The molecule has 1 aliphatic heterocycles. The highest BCUT2D eigenvalue weighted by atomic mass is 16.5. The van der Waals surface area contributed by atoms with Crippen LogP contribution in [0.15, 0.2) is 42.5 Å². The van der Waals surface area contributed by atoms with Crippen LogP contribution in [0.1, 0.15) is 48.7 Å². The van der Waals surface area contributed by atoms with Crippen LogP contribution in [-0.2, 0) is 9.59 Å². The van der Waals surface area contributed by atoms with Crippen molar-refractivity contribution < 1.29 is 28.6 Å². The molecule has 1 aliphatic rings. The first-order valence-corrected chi connectivity index (χ1v) is 11.8. The zero-order valence-electron chi connectivity index (χ0n) is 21.0. The van der Waals surface area contributed by atoms with E-state index in [1.807, 2.05) is 13.8 Å². The Bertz CT molecular complexity index is 1080. The predicted molar refractivity (Wildman–Crippen MR) is 134 cm³/mol. The lowest BCUT2D eigenvalue weighted by Crippen LogP contribution is -2.47. The second-order valence-electron chi connectivity index (χ2n) is 9.04. The topological polar surface area (TPSA) is 146 Å². The number of ether oxygens (including phenoxy) is 3. The Morgan fingerprint density at radius 1 is 1.06 bits per heavy atom. The van der Waals surface area contributed by atoms with E-state index in [1.54, 1.807) is 42.5 Å². The van der Waals surface area contributed by atoms with Crippen LogP contribution in [0.2, 0.25) is 0 Å². The van der Waals surface area contributed by atoms with Gasteiger partial charge in [0, 0.05) is 24.2 Å². The van der Waals surface area contributed by atoms with Crippen molar-refractivity contribution in [1.82, 2.24) is 10.2 Å². The molecule has 1 heterocycles. The van der Waals surface area contributed by atoms with Gasteiger partial charge in [0.1, 0.15) is 23.3 Å². The molecule has 2 unspecified atom stereocenters. The van der Waals surface area contributed by atoms with Crippen LogP contribution in [0.25, 0.3) is 0 Å². The summed E-state index contributed by atoms with van der Waals surface area (Å²) in [6.07, 6.45) is 0.0833. The van der Waals surface area contributed by atoms with E-state index in [2.05, 4.69) is 5.32 Å². The van der Waals surface area contributed by atoms with E-state index in [4.69, 9.17) is 25.7 Å². The maximum absolute atomic E-state index is 13.4. The highest BCUT2D eigenvalue weighted by Gasteiger charge is 2.39. The number of amides is 3. The Morgan fingerprint density at radius 2 is 1.72 bits per heavy atom. The molecule has 3 atom stereocenters. The first-order chi connectivity index (χ1) is 17.1. The second kappa shape index (κ2) is 11.8. The molecule has 0 saturated carbocycles. The minimum atomic E-state index is -0.815. The number of carbonyl (C=O) groups excluding carboxylic acids is 3. The van der Waals surface area contributed by atoms with Crippen molar-refractivity contribution >= 4 is 17.7 Å². The van der Waals surface area contributed by atoms with Crippen molar-refractivity contribution in [2.75, 3.05) is 20.8 Å². The van der Waals surface area contributed by atoms with Crippen LogP contribution in [0.3, 0.4) is 0 Å². The predicted octanol–water partition coefficient (Wildman–Crippen LogP) is 1.77. The first kappa shape index (κ1) is 26.8. The number of rotatable bonds is 10. The fraction of sp³-hybridized carbons (Fsp3) is 0.423. The van der Waals surface area contributed by atoms with Crippen LogP contribution in [0, 0.1) is 0 Å². The maximum atomic E-state index is 13.4. The summed E-state index contributed by atoms with van der Waals surface area (Å²) >= 11 is 0. The van der Waals surface area contributed by atoms with Crippen molar-refractivity contribution in [3.8, 4) is 17.2 Å². The lowest BCUT2D eigenvalue weighted by atomic mass is 10.0. The normalized spacial score (nSPS) is 18.0. The minimum absolute atomic E-state index is 0.0495. The number of likely N-dealkylation sites (tertiary alicyclic amines) is 1. The smallest absolute Gasteiger partial charge is 0.254 e. The van der Waals surface area contributed by atoms with E-state index in [9.17, 15) is 14.4 Å². The third-order valence-electron chi connectivity index (χ3n) is 5.85. The Hall–Kier alpha value is -3.79. The van der Waals surface area contributed by atoms with Crippen LogP contribution in [0.4, 0.5) is 0 Å². The Kier molecular flexibility index (Phi) is 8.76. The molecule has 0 aromatic heterocycles. The SMILES string of the molecule is COc1cc(OC)cc([C@H](CC(N)=O)NC(=O)C2CC(N)CN2C(=O)c2cccc(OC(C)C)c2)c1. The molecule has 36 heavy (non-hydrogen) atoms. The number of nitrogens with two attached hydrogens (primary N) is 2. The summed E-state index contributed by atoms with van der Waals surface area (Å²) in [5.74, 6) is 0.201. The molecule has 2 aromatic carbocycles. The summed E-state index contributed by atoms with van der Waals surface area (Å²) in [6, 6.07) is 9.96. The number of hydrogen-bond donors (Lipinski definition) is 3. The molecule has 0 spiro atoms. The molecule has 5 N–H and O–H groups in total.